The van der Waals surface area contributed by atoms with E-state index in [-0.39, 0.29) is 5.91 Å². The van der Waals surface area contributed by atoms with Crippen LogP contribution in [0, 0.1) is 5.92 Å². The average molecular weight is 278 g/mol. The number of benzene rings is 1. The minimum atomic E-state index is 0.0301. The molecular weight excluding hydrogens is 252 g/mol. The van der Waals surface area contributed by atoms with Crippen LogP contribution in [0.4, 0.5) is 5.69 Å². The number of hydrogen-bond donors (Lipinski definition) is 1. The topological polar surface area (TPSA) is 55.6 Å². The third-order valence-corrected chi connectivity index (χ3v) is 3.45. The summed E-state index contributed by atoms with van der Waals surface area (Å²) < 4.78 is 5.39. The molecule has 0 aromatic heterocycles. The van der Waals surface area contributed by atoms with Crippen molar-refractivity contribution in [3.63, 3.8) is 0 Å². The average Bonchev–Trinajstić information content (AvgIpc) is 2.46. The van der Waals surface area contributed by atoms with Gasteiger partial charge in [-0.25, -0.2) is 0 Å². The van der Waals surface area contributed by atoms with Crippen LogP contribution >= 0.6 is 0 Å². The van der Waals surface area contributed by atoms with E-state index in [1.54, 1.807) is 18.2 Å². The first-order valence-corrected chi connectivity index (χ1v) is 7.34. The van der Waals surface area contributed by atoms with E-state index in [0.717, 1.165) is 13.0 Å². The summed E-state index contributed by atoms with van der Waals surface area (Å²) in [6.45, 7) is 10.2. The molecule has 0 fully saturated rings. The van der Waals surface area contributed by atoms with E-state index >= 15 is 0 Å². The maximum Gasteiger partial charge on any atom is 0.253 e. The van der Waals surface area contributed by atoms with Crippen LogP contribution in [0.2, 0.25) is 0 Å². The smallest absolute Gasteiger partial charge is 0.253 e. The van der Waals surface area contributed by atoms with Crippen LogP contribution in [0.5, 0.6) is 5.75 Å². The third-order valence-electron chi connectivity index (χ3n) is 3.45. The van der Waals surface area contributed by atoms with Gasteiger partial charge in [-0.15, -0.1) is 0 Å². The molecule has 0 saturated carbocycles. The van der Waals surface area contributed by atoms with E-state index in [9.17, 15) is 4.79 Å². The molecule has 0 aliphatic heterocycles. The minimum Gasteiger partial charge on any atom is -0.492 e. The normalized spacial score (nSPS) is 12.0. The van der Waals surface area contributed by atoms with E-state index in [0.29, 0.717) is 36.1 Å². The van der Waals surface area contributed by atoms with Crippen molar-refractivity contribution < 1.29 is 9.53 Å². The number of hydrogen-bond acceptors (Lipinski definition) is 3. The fraction of sp³-hybridized carbons (Fsp3) is 0.562. The summed E-state index contributed by atoms with van der Waals surface area (Å²) in [5, 5.41) is 0. The van der Waals surface area contributed by atoms with Crippen molar-refractivity contribution in [3.05, 3.63) is 23.8 Å². The Morgan fingerprint density at radius 1 is 1.35 bits per heavy atom. The summed E-state index contributed by atoms with van der Waals surface area (Å²) in [5.74, 6) is 1.16. The first-order chi connectivity index (χ1) is 9.53. The fourth-order valence-electron chi connectivity index (χ4n) is 2.01. The largest absolute Gasteiger partial charge is 0.492 e. The second-order valence-electron chi connectivity index (χ2n) is 5.04. The van der Waals surface area contributed by atoms with Gasteiger partial charge in [0.05, 0.1) is 12.3 Å². The molecule has 1 aromatic carbocycles. The molecule has 0 radical (unpaired) electrons. The molecule has 1 amide bonds. The van der Waals surface area contributed by atoms with Crippen molar-refractivity contribution in [3.8, 4) is 5.75 Å². The zero-order valence-corrected chi connectivity index (χ0v) is 13.0. The molecule has 112 valence electrons. The molecule has 0 spiro atoms. The van der Waals surface area contributed by atoms with Gasteiger partial charge in [-0.2, -0.15) is 0 Å². The zero-order valence-electron chi connectivity index (χ0n) is 13.0. The number of nitrogen functional groups attached to an aromatic ring is 1. The van der Waals surface area contributed by atoms with Gasteiger partial charge in [0.2, 0.25) is 0 Å². The molecule has 2 N–H and O–H groups in total. The molecule has 20 heavy (non-hydrogen) atoms. The molecule has 1 rings (SSSR count). The van der Waals surface area contributed by atoms with Crippen molar-refractivity contribution >= 4 is 11.6 Å². The number of ether oxygens (including phenoxy) is 1. The van der Waals surface area contributed by atoms with Gasteiger partial charge in [0.25, 0.3) is 5.91 Å². The summed E-state index contributed by atoms with van der Waals surface area (Å²) in [5.41, 5.74) is 7.05. The molecule has 4 heteroatoms. The summed E-state index contributed by atoms with van der Waals surface area (Å²) in [7, 11) is 0. The van der Waals surface area contributed by atoms with Crippen molar-refractivity contribution in [2.24, 2.45) is 5.92 Å². The predicted octanol–water partition coefficient (Wildman–Crippen LogP) is 3.18. The molecule has 1 unspecified atom stereocenters. The van der Waals surface area contributed by atoms with Gasteiger partial charge in [0, 0.05) is 18.7 Å². The number of nitrogens with two attached hydrogens (primary N) is 1. The zero-order chi connectivity index (χ0) is 15.1. The van der Waals surface area contributed by atoms with Gasteiger partial charge in [0.1, 0.15) is 5.75 Å². The minimum absolute atomic E-state index is 0.0301. The van der Waals surface area contributed by atoms with Gasteiger partial charge in [-0.3, -0.25) is 4.79 Å². The Bertz CT molecular complexity index is 446. The second kappa shape index (κ2) is 7.78. The van der Waals surface area contributed by atoms with Crippen LogP contribution in [0.25, 0.3) is 0 Å². The Kier molecular flexibility index (Phi) is 6.36. The van der Waals surface area contributed by atoms with Gasteiger partial charge < -0.3 is 15.4 Å². The second-order valence-corrected chi connectivity index (χ2v) is 5.04. The Balaban J connectivity index is 2.87. The lowest BCUT2D eigenvalue weighted by molar-refractivity contribution is 0.0741. The lowest BCUT2D eigenvalue weighted by Gasteiger charge is -2.24. The number of amides is 1. The SMILES string of the molecule is CCOc1ccc(C(=O)N(CC)CC(C)CC)cc1N. The third kappa shape index (κ3) is 4.15. The van der Waals surface area contributed by atoms with Crippen molar-refractivity contribution in [1.29, 1.82) is 0 Å². The van der Waals surface area contributed by atoms with Crippen LogP contribution in [0.3, 0.4) is 0 Å². The lowest BCUT2D eigenvalue weighted by Crippen LogP contribution is -2.34. The van der Waals surface area contributed by atoms with Crippen molar-refractivity contribution in [2.45, 2.75) is 34.1 Å². The van der Waals surface area contributed by atoms with E-state index in [4.69, 9.17) is 10.5 Å². The van der Waals surface area contributed by atoms with Gasteiger partial charge in [-0.1, -0.05) is 20.3 Å². The molecule has 0 saturated heterocycles. The number of carbonyl (C=O) groups excluding carboxylic acids is 1. The maximum absolute atomic E-state index is 12.5. The predicted molar refractivity (Wildman–Crippen MR) is 83.1 cm³/mol. The quantitative estimate of drug-likeness (QED) is 0.779. The number of rotatable bonds is 7. The number of carbonyl (C=O) groups is 1. The Morgan fingerprint density at radius 2 is 2.05 bits per heavy atom. The van der Waals surface area contributed by atoms with Crippen LogP contribution in [-0.2, 0) is 0 Å². The number of anilines is 1. The molecule has 1 aromatic rings. The highest BCUT2D eigenvalue weighted by atomic mass is 16.5. The highest BCUT2D eigenvalue weighted by molar-refractivity contribution is 5.95. The van der Waals surface area contributed by atoms with Gasteiger partial charge in [0.15, 0.2) is 0 Å². The van der Waals surface area contributed by atoms with Crippen LogP contribution < -0.4 is 10.5 Å². The molecule has 1 atom stereocenters. The molecule has 0 bridgehead atoms. The van der Waals surface area contributed by atoms with E-state index in [1.165, 1.54) is 0 Å². The van der Waals surface area contributed by atoms with Crippen LogP contribution in [0.1, 0.15) is 44.5 Å². The van der Waals surface area contributed by atoms with Gasteiger partial charge in [-0.05, 0) is 38.0 Å². The monoisotopic (exact) mass is 278 g/mol. The first kappa shape index (κ1) is 16.3. The number of nitrogens with zero attached hydrogens (tertiary/aromatic N) is 1. The Morgan fingerprint density at radius 3 is 2.55 bits per heavy atom. The molecule has 0 aliphatic rings. The Hall–Kier alpha value is -1.71. The molecular formula is C16H26N2O2. The van der Waals surface area contributed by atoms with Gasteiger partial charge >= 0.3 is 0 Å². The molecule has 4 nitrogen and oxygen atoms in total. The fourth-order valence-corrected chi connectivity index (χ4v) is 2.01. The first-order valence-electron chi connectivity index (χ1n) is 7.34. The lowest BCUT2D eigenvalue weighted by atomic mass is 10.1. The summed E-state index contributed by atoms with van der Waals surface area (Å²) >= 11 is 0. The van der Waals surface area contributed by atoms with E-state index in [2.05, 4.69) is 13.8 Å². The Labute approximate surface area is 121 Å². The summed E-state index contributed by atoms with van der Waals surface area (Å²) in [6, 6.07) is 5.25. The molecule has 0 heterocycles. The van der Waals surface area contributed by atoms with E-state index < -0.39 is 0 Å². The van der Waals surface area contributed by atoms with Crippen LogP contribution in [-0.4, -0.2) is 30.5 Å². The van der Waals surface area contributed by atoms with Crippen LogP contribution in [0.15, 0.2) is 18.2 Å². The van der Waals surface area contributed by atoms with Crippen molar-refractivity contribution in [1.82, 2.24) is 4.90 Å². The summed E-state index contributed by atoms with van der Waals surface area (Å²) in [4.78, 5) is 14.3. The standard InChI is InChI=1S/C16H26N2O2/c1-5-12(4)11-18(6-2)16(19)13-8-9-15(20-7-3)14(17)10-13/h8-10,12H,5-7,11,17H2,1-4H3. The van der Waals surface area contributed by atoms with Crippen molar-refractivity contribution in [2.75, 3.05) is 25.4 Å². The van der Waals surface area contributed by atoms with E-state index in [1.807, 2.05) is 18.7 Å². The maximum atomic E-state index is 12.5. The highest BCUT2D eigenvalue weighted by Crippen LogP contribution is 2.23. The molecule has 0 aliphatic carbocycles. The highest BCUT2D eigenvalue weighted by Gasteiger charge is 2.17. The summed E-state index contributed by atoms with van der Waals surface area (Å²) in [6.07, 6.45) is 1.06.